The zero-order chi connectivity index (χ0) is 14.3. The molecule has 2 aromatic heterocycles. The normalized spacial score (nSPS) is 10.8. The molecule has 0 atom stereocenters. The Morgan fingerprint density at radius 1 is 1.10 bits per heavy atom. The first-order chi connectivity index (χ1) is 9.72. The van der Waals surface area contributed by atoms with Crippen molar-refractivity contribution in [1.29, 1.82) is 0 Å². The van der Waals surface area contributed by atoms with Crippen LogP contribution in [0.1, 0.15) is 10.4 Å². The van der Waals surface area contributed by atoms with Gasteiger partial charge in [0.25, 0.3) is 0 Å². The van der Waals surface area contributed by atoms with Gasteiger partial charge in [0.2, 0.25) is 0 Å². The minimum absolute atomic E-state index is 0.878. The van der Waals surface area contributed by atoms with E-state index in [-0.39, 0.29) is 0 Å². The molecule has 0 aliphatic heterocycles. The summed E-state index contributed by atoms with van der Waals surface area (Å²) in [5, 5.41) is 2.43. The number of hydrogen-bond donors (Lipinski definition) is 0. The summed E-state index contributed by atoms with van der Waals surface area (Å²) in [6.07, 6.45) is 5.58. The molecule has 0 fully saturated rings. The number of rotatable bonds is 4. The Balaban J connectivity index is 2.61. The molecule has 3 rings (SSSR count). The Labute approximate surface area is 122 Å². The predicted octanol–water partition coefficient (Wildman–Crippen LogP) is 5.80. The number of hydrogen-bond acceptors (Lipinski definition) is 1. The third kappa shape index (κ3) is 1.55. The van der Waals surface area contributed by atoms with Crippen LogP contribution in [0.2, 0.25) is 0 Å². The summed E-state index contributed by atoms with van der Waals surface area (Å²) in [5.41, 5.74) is 3.17. The minimum Gasteiger partial charge on any atom is -0.301 e. The Kier molecular flexibility index (Phi) is 2.96. The van der Waals surface area contributed by atoms with Crippen molar-refractivity contribution in [2.24, 2.45) is 0 Å². The van der Waals surface area contributed by atoms with Gasteiger partial charge in [-0.1, -0.05) is 56.7 Å². The fourth-order valence-corrected chi connectivity index (χ4v) is 3.80. The van der Waals surface area contributed by atoms with Crippen molar-refractivity contribution in [3.8, 4) is 0 Å². The van der Waals surface area contributed by atoms with Crippen LogP contribution >= 0.6 is 11.3 Å². The van der Waals surface area contributed by atoms with Gasteiger partial charge in [-0.25, -0.2) is 0 Å². The summed E-state index contributed by atoms with van der Waals surface area (Å²) in [6, 6.07) is 8.34. The van der Waals surface area contributed by atoms with E-state index in [1.807, 2.05) is 18.2 Å². The van der Waals surface area contributed by atoms with Gasteiger partial charge in [-0.15, -0.1) is 11.3 Å². The zero-order valence-corrected chi connectivity index (χ0v) is 12.0. The predicted molar refractivity (Wildman–Crippen MR) is 93.0 cm³/mol. The van der Waals surface area contributed by atoms with Gasteiger partial charge in [0, 0.05) is 26.9 Å². The number of allylic oxidation sites excluding steroid dienone is 2. The molecule has 0 spiro atoms. The highest BCUT2D eigenvalue weighted by molar-refractivity contribution is 7.20. The Morgan fingerprint density at radius 2 is 1.85 bits per heavy atom. The van der Waals surface area contributed by atoms with E-state index in [4.69, 9.17) is 0 Å². The number of nitrogens with zero attached hydrogens (tertiary/aromatic N) is 1. The Hall–Kier alpha value is -2.32. The van der Waals surface area contributed by atoms with Gasteiger partial charge in [-0.3, -0.25) is 0 Å². The van der Waals surface area contributed by atoms with E-state index < -0.39 is 0 Å². The molecule has 2 heteroatoms. The quantitative estimate of drug-likeness (QED) is 0.531. The Bertz CT molecular complexity index is 874. The van der Waals surface area contributed by atoms with Crippen LogP contribution in [0.3, 0.4) is 0 Å². The standard InChI is InChI=1S/C18H15NS/c1-5-12(4)19-15-11-9-8-10-14(15)17-13(6-2)16(7-3)20-18(17)19/h5-11H,1-4H2. The molecule has 0 N–H and O–H groups in total. The summed E-state index contributed by atoms with van der Waals surface area (Å²) in [5.74, 6) is 0. The molecule has 98 valence electrons. The fourth-order valence-electron chi connectivity index (χ4n) is 2.59. The van der Waals surface area contributed by atoms with Crippen LogP contribution in [0.5, 0.6) is 0 Å². The van der Waals surface area contributed by atoms with Crippen molar-refractivity contribution in [2.75, 3.05) is 0 Å². The van der Waals surface area contributed by atoms with E-state index in [9.17, 15) is 0 Å². The topological polar surface area (TPSA) is 4.93 Å². The van der Waals surface area contributed by atoms with E-state index >= 15 is 0 Å². The van der Waals surface area contributed by atoms with Crippen LogP contribution in [0.25, 0.3) is 39.0 Å². The molecule has 0 radical (unpaired) electrons. The second kappa shape index (κ2) is 4.66. The molecular formula is C18H15NS. The maximum Gasteiger partial charge on any atom is 0.109 e. The number of aromatic nitrogens is 1. The highest BCUT2D eigenvalue weighted by Gasteiger charge is 2.18. The second-order valence-corrected chi connectivity index (χ2v) is 5.55. The highest BCUT2D eigenvalue weighted by Crippen LogP contribution is 2.41. The van der Waals surface area contributed by atoms with Crippen LogP contribution in [0.4, 0.5) is 0 Å². The number of thiophene rings is 1. The lowest BCUT2D eigenvalue weighted by molar-refractivity contribution is 1.26. The maximum absolute atomic E-state index is 4.11. The molecule has 0 unspecified atom stereocenters. The smallest absolute Gasteiger partial charge is 0.109 e. The molecular weight excluding hydrogens is 262 g/mol. The fraction of sp³-hybridized carbons (Fsp3) is 0. The summed E-state index contributed by atoms with van der Waals surface area (Å²) in [6.45, 7) is 15.8. The van der Waals surface area contributed by atoms with E-state index in [0.717, 1.165) is 21.7 Å². The van der Waals surface area contributed by atoms with Crippen molar-refractivity contribution in [3.63, 3.8) is 0 Å². The third-order valence-corrected chi connectivity index (χ3v) is 4.67. The first kappa shape index (κ1) is 12.7. The average Bonchev–Trinajstić information content (AvgIpc) is 2.99. The van der Waals surface area contributed by atoms with Crippen LogP contribution in [0, 0.1) is 0 Å². The Morgan fingerprint density at radius 3 is 2.50 bits per heavy atom. The van der Waals surface area contributed by atoms with Crippen LogP contribution in [0.15, 0.2) is 56.7 Å². The molecule has 20 heavy (non-hydrogen) atoms. The van der Waals surface area contributed by atoms with Gasteiger partial charge in [0.05, 0.1) is 5.52 Å². The second-order valence-electron chi connectivity index (χ2n) is 4.52. The van der Waals surface area contributed by atoms with Gasteiger partial charge in [-0.05, 0) is 12.1 Å². The monoisotopic (exact) mass is 277 g/mol. The van der Waals surface area contributed by atoms with Crippen LogP contribution < -0.4 is 0 Å². The average molecular weight is 277 g/mol. The van der Waals surface area contributed by atoms with Crippen molar-refractivity contribution in [2.45, 2.75) is 0 Å². The largest absolute Gasteiger partial charge is 0.301 e. The first-order valence-corrected chi connectivity index (χ1v) is 7.17. The highest BCUT2D eigenvalue weighted by atomic mass is 32.1. The molecule has 2 heterocycles. The lowest BCUT2D eigenvalue weighted by atomic mass is 10.1. The van der Waals surface area contributed by atoms with Gasteiger partial charge in [0.15, 0.2) is 0 Å². The number of para-hydroxylation sites is 1. The zero-order valence-electron chi connectivity index (χ0n) is 11.2. The van der Waals surface area contributed by atoms with Crippen LogP contribution in [-0.2, 0) is 0 Å². The number of benzene rings is 1. The van der Waals surface area contributed by atoms with Gasteiger partial charge in [0.1, 0.15) is 4.83 Å². The van der Waals surface area contributed by atoms with Crippen molar-refractivity contribution in [3.05, 3.63) is 67.1 Å². The third-order valence-electron chi connectivity index (χ3n) is 3.49. The molecule has 0 aliphatic rings. The molecule has 0 amide bonds. The van der Waals surface area contributed by atoms with Gasteiger partial charge in [-0.2, -0.15) is 0 Å². The molecule has 0 aliphatic carbocycles. The summed E-state index contributed by atoms with van der Waals surface area (Å²) >= 11 is 1.71. The SMILES string of the molecule is C=CC(=C)n1c2ccccc2c2c(C=C)c(C=C)sc21. The molecule has 1 nitrogen and oxygen atoms in total. The maximum atomic E-state index is 4.11. The van der Waals surface area contributed by atoms with E-state index in [0.29, 0.717) is 0 Å². The summed E-state index contributed by atoms with van der Waals surface area (Å²) in [4.78, 5) is 2.31. The molecule has 0 saturated carbocycles. The number of fused-ring (bicyclic) bond motifs is 3. The lowest BCUT2D eigenvalue weighted by Gasteiger charge is -2.04. The van der Waals surface area contributed by atoms with Gasteiger partial charge >= 0.3 is 0 Å². The minimum atomic E-state index is 0.878. The van der Waals surface area contributed by atoms with Crippen molar-refractivity contribution < 1.29 is 0 Å². The van der Waals surface area contributed by atoms with E-state index in [1.165, 1.54) is 15.6 Å². The molecule has 0 saturated heterocycles. The summed E-state index contributed by atoms with van der Waals surface area (Å²) in [7, 11) is 0. The molecule has 3 aromatic rings. The van der Waals surface area contributed by atoms with E-state index in [1.54, 1.807) is 17.4 Å². The van der Waals surface area contributed by atoms with Crippen molar-refractivity contribution in [1.82, 2.24) is 4.57 Å². The molecule has 1 aromatic carbocycles. The van der Waals surface area contributed by atoms with Crippen LogP contribution in [-0.4, -0.2) is 4.57 Å². The van der Waals surface area contributed by atoms with Crippen molar-refractivity contribution >= 4 is 50.3 Å². The first-order valence-electron chi connectivity index (χ1n) is 6.35. The van der Waals surface area contributed by atoms with Gasteiger partial charge < -0.3 is 4.57 Å². The van der Waals surface area contributed by atoms with E-state index in [2.05, 4.69) is 49.1 Å². The lowest BCUT2D eigenvalue weighted by Crippen LogP contribution is -1.90. The summed E-state index contributed by atoms with van der Waals surface area (Å²) < 4.78 is 2.16. The molecule has 0 bridgehead atoms.